The molecule has 3 rings (SSSR count). The summed E-state index contributed by atoms with van der Waals surface area (Å²) in [5, 5.41) is 2.97. The first-order chi connectivity index (χ1) is 13.9. The van der Waals surface area contributed by atoms with Gasteiger partial charge in [0.15, 0.2) is 17.8 Å². The summed E-state index contributed by atoms with van der Waals surface area (Å²) >= 11 is 0. The van der Waals surface area contributed by atoms with E-state index in [2.05, 4.69) is 5.32 Å². The predicted molar refractivity (Wildman–Crippen MR) is 109 cm³/mol. The van der Waals surface area contributed by atoms with Crippen LogP contribution in [0.5, 0.6) is 17.2 Å². The van der Waals surface area contributed by atoms with Gasteiger partial charge in [-0.25, -0.2) is 0 Å². The van der Waals surface area contributed by atoms with Crippen LogP contribution in [0.2, 0.25) is 0 Å². The summed E-state index contributed by atoms with van der Waals surface area (Å²) in [5.74, 6) is 1.81. The third-order valence-corrected chi connectivity index (χ3v) is 5.02. The van der Waals surface area contributed by atoms with E-state index in [1.165, 1.54) is 0 Å². The van der Waals surface area contributed by atoms with E-state index in [1.807, 2.05) is 44.2 Å². The quantitative estimate of drug-likeness (QED) is 0.795. The minimum atomic E-state index is -0.806. The number of amides is 1. The van der Waals surface area contributed by atoms with Gasteiger partial charge in [-0.1, -0.05) is 6.07 Å². The molecule has 1 aliphatic heterocycles. The molecule has 0 saturated carbocycles. The lowest BCUT2D eigenvalue weighted by molar-refractivity contribution is -0.226. The number of hydrogen-bond donors (Lipinski definition) is 1. The maximum absolute atomic E-state index is 12.9. The number of anilines is 1. The molecule has 0 unspecified atom stereocenters. The predicted octanol–water partition coefficient (Wildman–Crippen LogP) is 3.71. The Morgan fingerprint density at radius 2 is 1.69 bits per heavy atom. The normalized spacial score (nSPS) is 21.3. The van der Waals surface area contributed by atoms with Crippen LogP contribution < -0.4 is 19.5 Å². The van der Waals surface area contributed by atoms with Crippen molar-refractivity contribution < 1.29 is 28.5 Å². The maximum atomic E-state index is 12.9. The molecule has 7 heteroatoms. The topological polar surface area (TPSA) is 75.3 Å². The van der Waals surface area contributed by atoms with Gasteiger partial charge in [-0.3, -0.25) is 4.79 Å². The molecule has 29 heavy (non-hydrogen) atoms. The van der Waals surface area contributed by atoms with Crippen molar-refractivity contribution >= 4 is 11.6 Å². The van der Waals surface area contributed by atoms with Gasteiger partial charge >= 0.3 is 0 Å². The minimum Gasteiger partial charge on any atom is -0.497 e. The second kappa shape index (κ2) is 8.71. The van der Waals surface area contributed by atoms with E-state index in [-0.39, 0.29) is 19.1 Å². The summed E-state index contributed by atoms with van der Waals surface area (Å²) in [7, 11) is 4.77. The molecule has 1 saturated heterocycles. The van der Waals surface area contributed by atoms with Crippen molar-refractivity contribution in [3.8, 4) is 17.2 Å². The fourth-order valence-electron chi connectivity index (χ4n) is 3.11. The van der Waals surface area contributed by atoms with Crippen LogP contribution in [0.15, 0.2) is 36.4 Å². The molecule has 1 heterocycles. The van der Waals surface area contributed by atoms with E-state index in [1.54, 1.807) is 27.4 Å². The average molecular weight is 401 g/mol. The molecule has 7 nitrogen and oxygen atoms in total. The second-order valence-electron chi connectivity index (χ2n) is 7.26. The molecule has 1 fully saturated rings. The van der Waals surface area contributed by atoms with Crippen molar-refractivity contribution in [3.05, 3.63) is 47.5 Å². The smallest absolute Gasteiger partial charge is 0.235 e. The molecular formula is C22H27NO6. The Labute approximate surface area is 170 Å². The Kier molecular flexibility index (Phi) is 6.30. The average Bonchev–Trinajstić information content (AvgIpc) is 2.75. The number of aryl methyl sites for hydroxylation is 1. The molecule has 0 spiro atoms. The molecule has 0 bridgehead atoms. The van der Waals surface area contributed by atoms with Gasteiger partial charge in [-0.2, -0.15) is 0 Å². The Morgan fingerprint density at radius 1 is 1.00 bits per heavy atom. The van der Waals surface area contributed by atoms with E-state index >= 15 is 0 Å². The van der Waals surface area contributed by atoms with E-state index in [4.69, 9.17) is 23.7 Å². The molecule has 2 aromatic rings. The van der Waals surface area contributed by atoms with Gasteiger partial charge < -0.3 is 29.0 Å². The standard InChI is InChI=1S/C22H27NO6/c1-14-10-16(25-3)7-8-17(14)23-21(24)22(2)12-28-20(29-13-22)15-6-9-18(26-4)19(11-15)27-5/h6-11,20H,12-13H2,1-5H3,(H,23,24). The van der Waals surface area contributed by atoms with Gasteiger partial charge in [-0.15, -0.1) is 0 Å². The minimum absolute atomic E-state index is 0.156. The number of carbonyl (C=O) groups is 1. The third kappa shape index (κ3) is 4.46. The highest BCUT2D eigenvalue weighted by Gasteiger charge is 2.40. The van der Waals surface area contributed by atoms with Crippen molar-refractivity contribution in [2.45, 2.75) is 20.1 Å². The number of nitrogens with one attached hydrogen (secondary N) is 1. The lowest BCUT2D eigenvalue weighted by Gasteiger charge is -2.36. The molecule has 1 aliphatic rings. The molecule has 0 radical (unpaired) electrons. The van der Waals surface area contributed by atoms with Gasteiger partial charge in [0.05, 0.1) is 40.0 Å². The zero-order valence-corrected chi connectivity index (χ0v) is 17.4. The summed E-state index contributed by atoms with van der Waals surface area (Å²) in [6.07, 6.45) is -0.571. The second-order valence-corrected chi connectivity index (χ2v) is 7.26. The van der Waals surface area contributed by atoms with Crippen LogP contribution in [-0.4, -0.2) is 40.5 Å². The highest BCUT2D eigenvalue weighted by Crippen LogP contribution is 2.36. The molecule has 0 aromatic heterocycles. The Bertz CT molecular complexity index is 874. The Hall–Kier alpha value is -2.77. The van der Waals surface area contributed by atoms with Crippen LogP contribution in [0.3, 0.4) is 0 Å². The zero-order chi connectivity index (χ0) is 21.0. The van der Waals surface area contributed by atoms with Gasteiger partial charge in [-0.05, 0) is 49.7 Å². The zero-order valence-electron chi connectivity index (χ0n) is 17.4. The molecule has 0 aliphatic carbocycles. The first kappa shape index (κ1) is 21.0. The number of ether oxygens (including phenoxy) is 5. The number of benzene rings is 2. The molecule has 156 valence electrons. The summed E-state index contributed by atoms with van der Waals surface area (Å²) in [4.78, 5) is 12.9. The van der Waals surface area contributed by atoms with Crippen LogP contribution in [0.25, 0.3) is 0 Å². The monoisotopic (exact) mass is 401 g/mol. The number of methoxy groups -OCH3 is 3. The lowest BCUT2D eigenvalue weighted by Crippen LogP contribution is -2.45. The van der Waals surface area contributed by atoms with Crippen LogP contribution >= 0.6 is 0 Å². The maximum Gasteiger partial charge on any atom is 0.235 e. The van der Waals surface area contributed by atoms with E-state index < -0.39 is 11.7 Å². The van der Waals surface area contributed by atoms with Crippen LogP contribution in [0.1, 0.15) is 24.3 Å². The van der Waals surface area contributed by atoms with Crippen LogP contribution in [-0.2, 0) is 14.3 Å². The van der Waals surface area contributed by atoms with E-state index in [0.717, 1.165) is 22.6 Å². The SMILES string of the molecule is COc1ccc(NC(=O)C2(C)COC(c3ccc(OC)c(OC)c3)OC2)c(C)c1. The summed E-state index contributed by atoms with van der Waals surface area (Å²) in [6, 6.07) is 11.0. The molecular weight excluding hydrogens is 374 g/mol. The first-order valence-electron chi connectivity index (χ1n) is 9.31. The fourth-order valence-corrected chi connectivity index (χ4v) is 3.11. The Balaban J connectivity index is 1.66. The Morgan fingerprint density at radius 3 is 2.28 bits per heavy atom. The van der Waals surface area contributed by atoms with Gasteiger partial charge in [0.1, 0.15) is 5.75 Å². The van der Waals surface area contributed by atoms with Crippen molar-refractivity contribution in [2.24, 2.45) is 5.41 Å². The molecule has 1 amide bonds. The van der Waals surface area contributed by atoms with Crippen LogP contribution in [0.4, 0.5) is 5.69 Å². The molecule has 2 aromatic carbocycles. The van der Waals surface area contributed by atoms with E-state index in [9.17, 15) is 4.79 Å². The fraction of sp³-hybridized carbons (Fsp3) is 0.409. The summed E-state index contributed by atoms with van der Waals surface area (Å²) in [6.45, 7) is 4.20. The number of hydrogen-bond acceptors (Lipinski definition) is 6. The third-order valence-electron chi connectivity index (χ3n) is 5.02. The lowest BCUT2D eigenvalue weighted by atomic mass is 9.90. The summed E-state index contributed by atoms with van der Waals surface area (Å²) < 4.78 is 27.6. The number of carbonyl (C=O) groups excluding carboxylic acids is 1. The van der Waals surface area contributed by atoms with Gasteiger partial charge in [0.2, 0.25) is 5.91 Å². The van der Waals surface area contributed by atoms with Gasteiger partial charge in [0.25, 0.3) is 0 Å². The number of rotatable bonds is 6. The highest BCUT2D eigenvalue weighted by molar-refractivity contribution is 5.96. The van der Waals surface area contributed by atoms with Crippen molar-refractivity contribution in [2.75, 3.05) is 39.9 Å². The van der Waals surface area contributed by atoms with E-state index in [0.29, 0.717) is 11.5 Å². The van der Waals surface area contributed by atoms with Gasteiger partial charge in [0, 0.05) is 11.3 Å². The molecule has 0 atom stereocenters. The van der Waals surface area contributed by atoms with Crippen molar-refractivity contribution in [1.82, 2.24) is 0 Å². The molecule has 1 N–H and O–H groups in total. The summed E-state index contributed by atoms with van der Waals surface area (Å²) in [5.41, 5.74) is 1.65. The van der Waals surface area contributed by atoms with Crippen molar-refractivity contribution in [3.63, 3.8) is 0 Å². The van der Waals surface area contributed by atoms with Crippen LogP contribution in [0, 0.1) is 12.3 Å². The largest absolute Gasteiger partial charge is 0.497 e. The van der Waals surface area contributed by atoms with Crippen molar-refractivity contribution in [1.29, 1.82) is 0 Å². The highest BCUT2D eigenvalue weighted by atomic mass is 16.7. The first-order valence-corrected chi connectivity index (χ1v) is 9.31.